The van der Waals surface area contributed by atoms with Gasteiger partial charge in [-0.3, -0.25) is 24.7 Å². The number of rotatable bonds is 9. The van der Waals surface area contributed by atoms with E-state index in [9.17, 15) is 19.7 Å². The number of nitro groups is 1. The third kappa shape index (κ3) is 6.14. The summed E-state index contributed by atoms with van der Waals surface area (Å²) in [5, 5.41) is 18.5. The van der Waals surface area contributed by atoms with Gasteiger partial charge in [-0.15, -0.1) is 0 Å². The van der Waals surface area contributed by atoms with E-state index in [0.29, 0.717) is 11.3 Å². The van der Waals surface area contributed by atoms with Crippen LogP contribution in [0.2, 0.25) is 0 Å². The molecule has 0 fully saturated rings. The van der Waals surface area contributed by atoms with E-state index in [-0.39, 0.29) is 18.5 Å². The maximum absolute atomic E-state index is 13.0. The molecule has 0 aliphatic heterocycles. The lowest BCUT2D eigenvalue weighted by Crippen LogP contribution is -2.47. The van der Waals surface area contributed by atoms with Crippen LogP contribution < -0.4 is 10.7 Å². The van der Waals surface area contributed by atoms with E-state index in [1.165, 1.54) is 30.5 Å². The van der Waals surface area contributed by atoms with Crippen molar-refractivity contribution < 1.29 is 14.5 Å². The van der Waals surface area contributed by atoms with Gasteiger partial charge in [0.25, 0.3) is 11.6 Å². The number of hydrazone groups is 1. The fraction of sp³-hybridized carbons (Fsp3) is 0.120. The molecule has 4 rings (SSSR count). The van der Waals surface area contributed by atoms with Gasteiger partial charge in [0.05, 0.1) is 23.3 Å². The summed E-state index contributed by atoms with van der Waals surface area (Å²) in [6, 6.07) is 17.8. The minimum absolute atomic E-state index is 0.0349. The number of benzene rings is 2. The molecule has 0 unspecified atom stereocenters. The molecular formula is C25H22N6O4. The third-order valence-corrected chi connectivity index (χ3v) is 5.32. The Kier molecular flexibility index (Phi) is 7.22. The molecule has 2 aromatic heterocycles. The Bertz CT molecular complexity index is 1370. The molecule has 0 aliphatic rings. The molecule has 0 radical (unpaired) electrons. The minimum Gasteiger partial charge on any atom is -0.361 e. The van der Waals surface area contributed by atoms with Crippen LogP contribution in [0.25, 0.3) is 10.9 Å². The largest absolute Gasteiger partial charge is 0.361 e. The van der Waals surface area contributed by atoms with Crippen LogP contribution in [0.1, 0.15) is 16.8 Å². The number of nitrogens with zero attached hydrogens (tertiary/aromatic N) is 3. The number of non-ortho nitro benzene ring substituents is 1. The fourth-order valence-electron chi connectivity index (χ4n) is 3.59. The van der Waals surface area contributed by atoms with E-state index in [1.54, 1.807) is 24.4 Å². The number of hydrogen-bond donors (Lipinski definition) is 3. The number of aromatic amines is 1. The molecule has 176 valence electrons. The number of H-pyrrole nitrogens is 1. The van der Waals surface area contributed by atoms with Crippen LogP contribution in [0.5, 0.6) is 0 Å². The van der Waals surface area contributed by atoms with Crippen molar-refractivity contribution in [2.24, 2.45) is 5.10 Å². The highest BCUT2D eigenvalue weighted by Crippen LogP contribution is 2.19. The van der Waals surface area contributed by atoms with Gasteiger partial charge in [0, 0.05) is 41.9 Å². The number of pyridine rings is 1. The molecule has 2 aromatic carbocycles. The van der Waals surface area contributed by atoms with Crippen LogP contribution in [-0.2, 0) is 22.4 Å². The monoisotopic (exact) mass is 470 g/mol. The molecule has 2 amide bonds. The summed E-state index contributed by atoms with van der Waals surface area (Å²) < 4.78 is 0. The predicted octanol–water partition coefficient (Wildman–Crippen LogP) is 2.89. The number of nitro benzene ring substituents is 1. The highest BCUT2D eigenvalue weighted by atomic mass is 16.6. The molecule has 3 N–H and O–H groups in total. The molecule has 0 saturated carbocycles. The number of carbonyl (C=O) groups excluding carboxylic acids is 2. The second-order valence-electron chi connectivity index (χ2n) is 7.77. The van der Waals surface area contributed by atoms with Crippen molar-refractivity contribution >= 4 is 34.6 Å². The molecule has 0 spiro atoms. The van der Waals surface area contributed by atoms with Crippen molar-refractivity contribution in [3.8, 4) is 0 Å². The van der Waals surface area contributed by atoms with Gasteiger partial charge in [-0.2, -0.15) is 5.10 Å². The maximum Gasteiger partial charge on any atom is 0.269 e. The van der Waals surface area contributed by atoms with Gasteiger partial charge < -0.3 is 10.3 Å². The number of carbonyl (C=O) groups is 2. The SMILES string of the molecule is O=C(Cc1ccc([N+](=O)[O-])cc1)N[C@H](Cc1c[nH]c2ccccc12)C(=O)N/N=C/c1ccccn1. The Morgan fingerprint density at radius 1 is 1.09 bits per heavy atom. The Hall–Kier alpha value is -4.86. The number of aromatic nitrogens is 2. The Labute approximate surface area is 200 Å². The Balaban J connectivity index is 1.48. The van der Waals surface area contributed by atoms with E-state index in [0.717, 1.165) is 16.5 Å². The van der Waals surface area contributed by atoms with Crippen molar-refractivity contribution in [1.82, 2.24) is 20.7 Å². The maximum atomic E-state index is 13.0. The van der Waals surface area contributed by atoms with Gasteiger partial charge in [0.2, 0.25) is 5.91 Å². The lowest BCUT2D eigenvalue weighted by Gasteiger charge is -2.17. The first-order valence-electron chi connectivity index (χ1n) is 10.8. The minimum atomic E-state index is -0.902. The molecule has 0 saturated heterocycles. The van der Waals surface area contributed by atoms with Crippen LogP contribution in [0, 0.1) is 10.1 Å². The van der Waals surface area contributed by atoms with Crippen LogP contribution >= 0.6 is 0 Å². The Morgan fingerprint density at radius 3 is 2.60 bits per heavy atom. The zero-order chi connectivity index (χ0) is 24.6. The quantitative estimate of drug-likeness (QED) is 0.196. The number of hydrogen-bond acceptors (Lipinski definition) is 6. The zero-order valence-corrected chi connectivity index (χ0v) is 18.5. The molecule has 0 bridgehead atoms. The van der Waals surface area contributed by atoms with Gasteiger partial charge >= 0.3 is 0 Å². The fourth-order valence-corrected chi connectivity index (χ4v) is 3.59. The molecule has 1 atom stereocenters. The van der Waals surface area contributed by atoms with Crippen LogP contribution in [0.3, 0.4) is 0 Å². The van der Waals surface area contributed by atoms with Crippen molar-refractivity contribution in [3.05, 3.63) is 106 Å². The summed E-state index contributed by atoms with van der Waals surface area (Å²) in [5.74, 6) is -0.882. The van der Waals surface area contributed by atoms with Gasteiger partial charge in [-0.25, -0.2) is 5.43 Å². The number of para-hydroxylation sites is 1. The Morgan fingerprint density at radius 2 is 1.86 bits per heavy atom. The summed E-state index contributed by atoms with van der Waals surface area (Å²) in [7, 11) is 0. The zero-order valence-electron chi connectivity index (χ0n) is 18.5. The average molecular weight is 470 g/mol. The first kappa shape index (κ1) is 23.3. The van der Waals surface area contributed by atoms with Crippen LogP contribution in [0.15, 0.2) is 84.2 Å². The molecule has 10 heteroatoms. The van der Waals surface area contributed by atoms with E-state index in [2.05, 4.69) is 25.8 Å². The summed E-state index contributed by atoms with van der Waals surface area (Å²) in [6.45, 7) is 0. The van der Waals surface area contributed by atoms with Crippen molar-refractivity contribution in [1.29, 1.82) is 0 Å². The third-order valence-electron chi connectivity index (χ3n) is 5.32. The standard InChI is InChI=1S/C25H22N6O4/c32-24(13-17-8-10-20(11-9-17)31(34)35)29-23(14-18-15-27-22-7-2-1-6-21(18)22)25(33)30-28-16-19-5-3-4-12-26-19/h1-12,15-16,23,27H,13-14H2,(H,29,32)(H,30,33)/b28-16+/t23-/m1/s1. The van der Waals surface area contributed by atoms with Gasteiger partial charge in [0.15, 0.2) is 0 Å². The van der Waals surface area contributed by atoms with Gasteiger partial charge in [-0.1, -0.05) is 36.4 Å². The van der Waals surface area contributed by atoms with E-state index >= 15 is 0 Å². The van der Waals surface area contributed by atoms with Crippen molar-refractivity contribution in [2.75, 3.05) is 0 Å². The first-order chi connectivity index (χ1) is 17.0. The summed E-state index contributed by atoms with van der Waals surface area (Å²) >= 11 is 0. The first-order valence-corrected chi connectivity index (χ1v) is 10.8. The average Bonchev–Trinajstić information content (AvgIpc) is 3.27. The number of amides is 2. The second-order valence-corrected chi connectivity index (χ2v) is 7.77. The van der Waals surface area contributed by atoms with Gasteiger partial charge in [-0.05, 0) is 29.3 Å². The van der Waals surface area contributed by atoms with E-state index < -0.39 is 22.8 Å². The normalized spacial score (nSPS) is 11.9. The highest BCUT2D eigenvalue weighted by molar-refractivity contribution is 5.90. The topological polar surface area (TPSA) is 142 Å². The van der Waals surface area contributed by atoms with Crippen LogP contribution in [0.4, 0.5) is 5.69 Å². The molecule has 35 heavy (non-hydrogen) atoms. The second kappa shape index (κ2) is 10.8. The van der Waals surface area contributed by atoms with Crippen molar-refractivity contribution in [2.45, 2.75) is 18.9 Å². The van der Waals surface area contributed by atoms with Crippen molar-refractivity contribution in [3.63, 3.8) is 0 Å². The van der Waals surface area contributed by atoms with Gasteiger partial charge in [0.1, 0.15) is 6.04 Å². The van der Waals surface area contributed by atoms with Crippen LogP contribution in [-0.4, -0.2) is 39.0 Å². The smallest absolute Gasteiger partial charge is 0.269 e. The summed E-state index contributed by atoms with van der Waals surface area (Å²) in [5.41, 5.74) is 5.36. The summed E-state index contributed by atoms with van der Waals surface area (Å²) in [6.07, 6.45) is 5.04. The number of nitrogens with one attached hydrogen (secondary N) is 3. The molecule has 10 nitrogen and oxygen atoms in total. The number of fused-ring (bicyclic) bond motifs is 1. The molecule has 2 heterocycles. The molecular weight excluding hydrogens is 448 g/mol. The van der Waals surface area contributed by atoms with E-state index in [4.69, 9.17) is 0 Å². The van der Waals surface area contributed by atoms with E-state index in [1.807, 2.05) is 30.5 Å². The molecule has 0 aliphatic carbocycles. The predicted molar refractivity (Wildman–Crippen MR) is 131 cm³/mol. The highest BCUT2D eigenvalue weighted by Gasteiger charge is 2.23. The lowest BCUT2D eigenvalue weighted by molar-refractivity contribution is -0.384. The molecule has 4 aromatic rings. The summed E-state index contributed by atoms with van der Waals surface area (Å²) in [4.78, 5) is 43.3. The lowest BCUT2D eigenvalue weighted by atomic mass is 10.0.